The van der Waals surface area contributed by atoms with Crippen molar-refractivity contribution in [3.05, 3.63) is 46.8 Å². The number of hydrogen-bond acceptors (Lipinski definition) is 4. The number of anilines is 2. The van der Waals surface area contributed by atoms with Crippen LogP contribution < -0.4 is 10.6 Å². The molecule has 0 saturated heterocycles. The summed E-state index contributed by atoms with van der Waals surface area (Å²) in [5.41, 5.74) is 1.99. The van der Waals surface area contributed by atoms with Gasteiger partial charge >= 0.3 is 0 Å². The second kappa shape index (κ2) is 5.91. The lowest BCUT2D eigenvalue weighted by Gasteiger charge is -2.14. The third kappa shape index (κ3) is 3.44. The van der Waals surface area contributed by atoms with E-state index in [-0.39, 0.29) is 11.7 Å². The topological polar surface area (TPSA) is 66.9 Å². The Bertz CT molecular complexity index is 775. The zero-order chi connectivity index (χ0) is 16.6. The fourth-order valence-electron chi connectivity index (χ4n) is 2.19. The average molecular weight is 318 g/mol. The number of halogens is 2. The number of hydrogen-bond donors (Lipinski definition) is 2. The lowest BCUT2D eigenvalue weighted by atomic mass is 10.1. The monoisotopic (exact) mass is 318 g/mol. The Kier molecular flexibility index (Phi) is 3.94. The van der Waals surface area contributed by atoms with Crippen molar-refractivity contribution in [1.82, 2.24) is 10.2 Å². The van der Waals surface area contributed by atoms with Crippen molar-refractivity contribution < 1.29 is 13.6 Å². The molecule has 1 saturated carbocycles. The fourth-order valence-corrected chi connectivity index (χ4v) is 2.19. The molecule has 0 spiro atoms. The second-order valence-electron chi connectivity index (χ2n) is 5.67. The Morgan fingerprint density at radius 2 is 1.74 bits per heavy atom. The highest BCUT2D eigenvalue weighted by Gasteiger charge is 2.24. The van der Waals surface area contributed by atoms with Crippen LogP contribution in [-0.4, -0.2) is 22.1 Å². The molecule has 0 atom stereocenters. The molecule has 1 aromatic carbocycles. The average Bonchev–Trinajstić information content (AvgIpc) is 3.30. The first-order chi connectivity index (χ1) is 10.9. The zero-order valence-corrected chi connectivity index (χ0v) is 12.8. The number of carbonyl (C=O) groups is 1. The Balaban J connectivity index is 1.90. The normalized spacial score (nSPS) is 13.7. The number of benzene rings is 1. The van der Waals surface area contributed by atoms with Gasteiger partial charge in [0.05, 0.1) is 28.3 Å². The number of nitrogens with zero attached hydrogens (tertiary/aromatic N) is 2. The van der Waals surface area contributed by atoms with Crippen molar-refractivity contribution in [2.24, 2.45) is 0 Å². The van der Waals surface area contributed by atoms with Gasteiger partial charge in [0.2, 0.25) is 0 Å². The predicted octanol–water partition coefficient (Wildman–Crippen LogP) is 3.20. The zero-order valence-electron chi connectivity index (χ0n) is 12.8. The highest BCUT2D eigenvalue weighted by molar-refractivity contribution is 6.06. The van der Waals surface area contributed by atoms with Crippen molar-refractivity contribution in [2.75, 3.05) is 10.6 Å². The van der Waals surface area contributed by atoms with Gasteiger partial charge in [0.25, 0.3) is 5.91 Å². The van der Waals surface area contributed by atoms with Crippen LogP contribution in [0.25, 0.3) is 0 Å². The molecule has 1 amide bonds. The first-order valence-electron chi connectivity index (χ1n) is 7.32. The van der Waals surface area contributed by atoms with E-state index in [0.29, 0.717) is 22.6 Å². The molecule has 1 aromatic heterocycles. The maximum Gasteiger partial charge on any atom is 0.257 e. The van der Waals surface area contributed by atoms with Crippen molar-refractivity contribution in [3.63, 3.8) is 0 Å². The van der Waals surface area contributed by atoms with Crippen LogP contribution in [0.4, 0.5) is 20.2 Å². The summed E-state index contributed by atoms with van der Waals surface area (Å²) in [6.07, 6.45) is 1.94. The molecule has 2 aromatic rings. The number of aromatic nitrogens is 2. The van der Waals surface area contributed by atoms with Crippen LogP contribution in [-0.2, 0) is 0 Å². The van der Waals surface area contributed by atoms with E-state index in [0.717, 1.165) is 25.0 Å². The molecule has 120 valence electrons. The van der Waals surface area contributed by atoms with Crippen molar-refractivity contribution in [2.45, 2.75) is 32.7 Å². The molecular weight excluding hydrogens is 302 g/mol. The third-order valence-corrected chi connectivity index (χ3v) is 3.59. The van der Waals surface area contributed by atoms with E-state index in [9.17, 15) is 13.6 Å². The van der Waals surface area contributed by atoms with Gasteiger partial charge < -0.3 is 10.6 Å². The highest BCUT2D eigenvalue weighted by atomic mass is 19.2. The standard InChI is InChI=1S/C16H16F2N4O/c1-8-5-11(9(2)22-21-8)16(23)20-15-7-13(18)12(17)6-14(15)19-10-3-4-10/h5-7,10,19H,3-4H2,1-2H3,(H,20,23). The molecule has 0 bridgehead atoms. The summed E-state index contributed by atoms with van der Waals surface area (Å²) in [4.78, 5) is 12.4. The van der Waals surface area contributed by atoms with Crippen molar-refractivity contribution in [1.29, 1.82) is 0 Å². The van der Waals surface area contributed by atoms with E-state index in [1.165, 1.54) is 0 Å². The molecule has 1 heterocycles. The van der Waals surface area contributed by atoms with Crippen LogP contribution in [0, 0.1) is 25.5 Å². The maximum absolute atomic E-state index is 13.5. The van der Waals surface area contributed by atoms with E-state index in [2.05, 4.69) is 20.8 Å². The number of amides is 1. The van der Waals surface area contributed by atoms with Gasteiger partial charge in [0.1, 0.15) is 0 Å². The molecule has 1 aliphatic carbocycles. The molecule has 0 radical (unpaired) electrons. The van der Waals surface area contributed by atoms with Crippen LogP contribution in [0.3, 0.4) is 0 Å². The summed E-state index contributed by atoms with van der Waals surface area (Å²) in [5, 5.41) is 13.5. The van der Waals surface area contributed by atoms with Crippen LogP contribution >= 0.6 is 0 Å². The Labute approximate surface area is 132 Å². The van der Waals surface area contributed by atoms with Gasteiger partial charge in [-0.2, -0.15) is 10.2 Å². The third-order valence-electron chi connectivity index (χ3n) is 3.59. The molecule has 23 heavy (non-hydrogen) atoms. The van der Waals surface area contributed by atoms with E-state index in [1.54, 1.807) is 19.9 Å². The number of aryl methyl sites for hydroxylation is 2. The highest BCUT2D eigenvalue weighted by Crippen LogP contribution is 2.31. The molecule has 5 nitrogen and oxygen atoms in total. The van der Waals surface area contributed by atoms with Crippen LogP contribution in [0.5, 0.6) is 0 Å². The molecule has 0 aliphatic heterocycles. The summed E-state index contributed by atoms with van der Waals surface area (Å²) in [6, 6.07) is 3.88. The Hall–Kier alpha value is -2.57. The quantitative estimate of drug-likeness (QED) is 0.908. The summed E-state index contributed by atoms with van der Waals surface area (Å²) in [5.74, 6) is -2.41. The molecular formula is C16H16F2N4O. The number of carbonyl (C=O) groups excluding carboxylic acids is 1. The van der Waals surface area contributed by atoms with Gasteiger partial charge in [-0.15, -0.1) is 0 Å². The Morgan fingerprint density at radius 1 is 1.09 bits per heavy atom. The fraction of sp³-hybridized carbons (Fsp3) is 0.312. The van der Waals surface area contributed by atoms with E-state index < -0.39 is 17.5 Å². The summed E-state index contributed by atoms with van der Waals surface area (Å²) >= 11 is 0. The van der Waals surface area contributed by atoms with Crippen molar-refractivity contribution >= 4 is 17.3 Å². The predicted molar refractivity (Wildman–Crippen MR) is 82.5 cm³/mol. The van der Waals surface area contributed by atoms with Crippen LogP contribution in [0.2, 0.25) is 0 Å². The smallest absolute Gasteiger partial charge is 0.257 e. The van der Waals surface area contributed by atoms with Crippen molar-refractivity contribution in [3.8, 4) is 0 Å². The Morgan fingerprint density at radius 3 is 2.39 bits per heavy atom. The second-order valence-corrected chi connectivity index (χ2v) is 5.67. The molecule has 1 fully saturated rings. The lowest BCUT2D eigenvalue weighted by Crippen LogP contribution is -2.17. The minimum atomic E-state index is -1.01. The molecule has 7 heteroatoms. The molecule has 1 aliphatic rings. The van der Waals surface area contributed by atoms with E-state index >= 15 is 0 Å². The summed E-state index contributed by atoms with van der Waals surface area (Å²) < 4.78 is 27.0. The van der Waals surface area contributed by atoms with Gasteiger partial charge in [-0.1, -0.05) is 0 Å². The number of rotatable bonds is 4. The SMILES string of the molecule is Cc1cc(C(=O)Nc2cc(F)c(F)cc2NC2CC2)c(C)nn1. The summed E-state index contributed by atoms with van der Waals surface area (Å²) in [6.45, 7) is 3.39. The van der Waals surface area contributed by atoms with Gasteiger partial charge in [-0.3, -0.25) is 4.79 Å². The minimum absolute atomic E-state index is 0.203. The summed E-state index contributed by atoms with van der Waals surface area (Å²) in [7, 11) is 0. The lowest BCUT2D eigenvalue weighted by molar-refractivity contribution is 0.102. The van der Waals surface area contributed by atoms with Crippen LogP contribution in [0.1, 0.15) is 34.6 Å². The van der Waals surface area contributed by atoms with E-state index in [4.69, 9.17) is 0 Å². The first kappa shape index (κ1) is 15.3. The molecule has 0 unspecified atom stereocenters. The van der Waals surface area contributed by atoms with Gasteiger partial charge in [0, 0.05) is 18.2 Å². The molecule has 3 rings (SSSR count). The van der Waals surface area contributed by atoms with Crippen LogP contribution in [0.15, 0.2) is 18.2 Å². The van der Waals surface area contributed by atoms with E-state index in [1.807, 2.05) is 0 Å². The van der Waals surface area contributed by atoms with Gasteiger partial charge in [-0.25, -0.2) is 8.78 Å². The first-order valence-corrected chi connectivity index (χ1v) is 7.32. The van der Waals surface area contributed by atoms with Gasteiger partial charge in [-0.05, 0) is 32.8 Å². The molecule has 2 N–H and O–H groups in total. The van der Waals surface area contributed by atoms with Gasteiger partial charge in [0.15, 0.2) is 11.6 Å². The number of nitrogens with one attached hydrogen (secondary N) is 2. The largest absolute Gasteiger partial charge is 0.381 e. The minimum Gasteiger partial charge on any atom is -0.381 e. The maximum atomic E-state index is 13.5.